The zero-order valence-electron chi connectivity index (χ0n) is 14.2. The number of likely N-dealkylation sites (N-methyl/N-ethyl adjacent to an activating group) is 2. The van der Waals surface area contributed by atoms with Gasteiger partial charge >= 0.3 is 0 Å². The molecule has 1 aromatic carbocycles. The molecule has 7 heteroatoms. The van der Waals surface area contributed by atoms with E-state index in [9.17, 15) is 9.59 Å². The van der Waals surface area contributed by atoms with Gasteiger partial charge < -0.3 is 9.47 Å². The van der Waals surface area contributed by atoms with Crippen LogP contribution in [0.25, 0.3) is 6.08 Å². The minimum Gasteiger partial charge on any atom is -0.490 e. The van der Waals surface area contributed by atoms with Crippen LogP contribution in [-0.4, -0.2) is 54.0 Å². The molecule has 1 saturated heterocycles. The van der Waals surface area contributed by atoms with Gasteiger partial charge in [0.05, 0.1) is 13.2 Å². The molecule has 0 N–H and O–H groups in total. The van der Waals surface area contributed by atoms with Crippen molar-refractivity contribution in [2.24, 2.45) is 0 Å². The van der Waals surface area contributed by atoms with Crippen LogP contribution in [0.4, 0.5) is 0 Å². The number of carbonyl (C=O) groups is 2. The number of ether oxygens (including phenoxy) is 2. The lowest BCUT2D eigenvalue weighted by Crippen LogP contribution is -2.52. The molecule has 0 radical (unpaired) electrons. The average Bonchev–Trinajstić information content (AvgIpc) is 2.58. The normalized spacial score (nSPS) is 15.0. The Morgan fingerprint density at radius 3 is 2.08 bits per heavy atom. The van der Waals surface area contributed by atoms with E-state index in [1.54, 1.807) is 32.3 Å². The summed E-state index contributed by atoms with van der Waals surface area (Å²) < 4.78 is 11.1. The van der Waals surface area contributed by atoms with Crippen LogP contribution >= 0.6 is 12.2 Å². The van der Waals surface area contributed by atoms with Gasteiger partial charge in [0.1, 0.15) is 5.57 Å². The van der Waals surface area contributed by atoms with Gasteiger partial charge in [-0.3, -0.25) is 19.4 Å². The van der Waals surface area contributed by atoms with Crippen LogP contribution in [0.15, 0.2) is 23.8 Å². The molecule has 0 aromatic heterocycles. The number of benzene rings is 1. The molecule has 1 aromatic rings. The van der Waals surface area contributed by atoms with E-state index in [4.69, 9.17) is 21.7 Å². The molecule has 1 heterocycles. The third kappa shape index (κ3) is 3.41. The fraction of sp³-hybridized carbons (Fsp3) is 0.353. The Hall–Kier alpha value is -2.41. The Balaban J connectivity index is 2.42. The first-order valence-corrected chi connectivity index (χ1v) is 8.02. The highest BCUT2D eigenvalue weighted by Gasteiger charge is 2.35. The molecule has 0 bridgehead atoms. The van der Waals surface area contributed by atoms with Crippen LogP contribution in [0.2, 0.25) is 0 Å². The van der Waals surface area contributed by atoms with Crippen LogP contribution in [0.1, 0.15) is 19.4 Å². The first-order chi connectivity index (χ1) is 11.4. The number of rotatable bonds is 5. The van der Waals surface area contributed by atoms with E-state index in [1.807, 2.05) is 13.8 Å². The Morgan fingerprint density at radius 2 is 1.54 bits per heavy atom. The zero-order chi connectivity index (χ0) is 17.9. The van der Waals surface area contributed by atoms with Crippen LogP contribution in [0.5, 0.6) is 11.5 Å². The molecule has 0 atom stereocenters. The second kappa shape index (κ2) is 7.44. The quantitative estimate of drug-likeness (QED) is 0.463. The van der Waals surface area contributed by atoms with Gasteiger partial charge in [-0.05, 0) is 49.8 Å². The fourth-order valence-electron chi connectivity index (χ4n) is 2.30. The van der Waals surface area contributed by atoms with Crippen molar-refractivity contribution in [3.05, 3.63) is 29.3 Å². The Labute approximate surface area is 146 Å². The average molecular weight is 348 g/mol. The molecule has 0 aliphatic carbocycles. The summed E-state index contributed by atoms with van der Waals surface area (Å²) >= 11 is 5.07. The van der Waals surface area contributed by atoms with Crippen molar-refractivity contribution in [1.82, 2.24) is 9.80 Å². The Morgan fingerprint density at radius 1 is 1.00 bits per heavy atom. The van der Waals surface area contributed by atoms with Gasteiger partial charge in [-0.2, -0.15) is 0 Å². The molecular weight excluding hydrogens is 328 g/mol. The predicted octanol–water partition coefficient (Wildman–Crippen LogP) is 2.08. The zero-order valence-corrected chi connectivity index (χ0v) is 15.0. The van der Waals surface area contributed by atoms with Crippen LogP contribution in [-0.2, 0) is 9.59 Å². The molecule has 6 nitrogen and oxygen atoms in total. The first-order valence-electron chi connectivity index (χ1n) is 7.62. The van der Waals surface area contributed by atoms with Crippen molar-refractivity contribution in [3.8, 4) is 11.5 Å². The van der Waals surface area contributed by atoms with Crippen molar-refractivity contribution in [3.63, 3.8) is 0 Å². The molecule has 0 spiro atoms. The molecule has 0 saturated carbocycles. The second-order valence-electron chi connectivity index (χ2n) is 5.14. The molecule has 2 amide bonds. The Kier molecular flexibility index (Phi) is 5.56. The number of amides is 2. The molecule has 1 aliphatic heterocycles. The van der Waals surface area contributed by atoms with Gasteiger partial charge in [0.15, 0.2) is 16.6 Å². The topological polar surface area (TPSA) is 59.1 Å². The lowest BCUT2D eigenvalue weighted by Gasteiger charge is -2.31. The highest BCUT2D eigenvalue weighted by molar-refractivity contribution is 7.80. The number of hydrogen-bond acceptors (Lipinski definition) is 5. The predicted molar refractivity (Wildman–Crippen MR) is 94.9 cm³/mol. The highest BCUT2D eigenvalue weighted by atomic mass is 32.1. The van der Waals surface area contributed by atoms with Crippen molar-refractivity contribution in [2.45, 2.75) is 13.8 Å². The molecule has 1 fully saturated rings. The van der Waals surface area contributed by atoms with Crippen LogP contribution < -0.4 is 9.47 Å². The summed E-state index contributed by atoms with van der Waals surface area (Å²) in [5.74, 6) is 0.352. The maximum Gasteiger partial charge on any atom is 0.265 e. The molecule has 2 rings (SSSR count). The van der Waals surface area contributed by atoms with Gasteiger partial charge in [-0.15, -0.1) is 0 Å². The van der Waals surface area contributed by atoms with Crippen molar-refractivity contribution < 1.29 is 19.1 Å². The minimum absolute atomic E-state index is 0.0557. The van der Waals surface area contributed by atoms with E-state index in [1.165, 1.54) is 15.9 Å². The van der Waals surface area contributed by atoms with Crippen LogP contribution in [0, 0.1) is 0 Å². The summed E-state index contributed by atoms with van der Waals surface area (Å²) in [5, 5.41) is 0.184. The number of thiocarbonyl (C=S) groups is 1. The SMILES string of the molecule is CCOc1ccc(C=C2C(=O)N(C)C(=S)N(C)C2=O)cc1OCC. The largest absolute Gasteiger partial charge is 0.490 e. The van der Waals surface area contributed by atoms with E-state index in [0.29, 0.717) is 30.3 Å². The maximum absolute atomic E-state index is 12.3. The van der Waals surface area contributed by atoms with Gasteiger partial charge in [0.25, 0.3) is 11.8 Å². The number of nitrogens with zero attached hydrogens (tertiary/aromatic N) is 2. The first kappa shape index (κ1) is 17.9. The third-order valence-electron chi connectivity index (χ3n) is 3.52. The van der Waals surface area contributed by atoms with Crippen molar-refractivity contribution in [2.75, 3.05) is 27.3 Å². The van der Waals surface area contributed by atoms with E-state index in [2.05, 4.69) is 0 Å². The molecule has 1 aliphatic rings. The maximum atomic E-state index is 12.3. The molecule has 24 heavy (non-hydrogen) atoms. The smallest absolute Gasteiger partial charge is 0.265 e. The van der Waals surface area contributed by atoms with E-state index in [0.717, 1.165) is 0 Å². The van der Waals surface area contributed by atoms with Gasteiger partial charge in [-0.1, -0.05) is 6.07 Å². The molecule has 0 unspecified atom stereocenters. The summed E-state index contributed by atoms with van der Waals surface area (Å²) in [7, 11) is 3.09. The molecule has 128 valence electrons. The molecular formula is C17H20N2O4S. The minimum atomic E-state index is -0.421. The van der Waals surface area contributed by atoms with E-state index >= 15 is 0 Å². The lowest BCUT2D eigenvalue weighted by molar-refractivity contribution is -0.132. The summed E-state index contributed by atoms with van der Waals surface area (Å²) in [5.41, 5.74) is 0.730. The van der Waals surface area contributed by atoms with Crippen molar-refractivity contribution >= 4 is 35.2 Å². The summed E-state index contributed by atoms with van der Waals surface area (Å²) in [6.45, 7) is 4.77. The lowest BCUT2D eigenvalue weighted by atomic mass is 10.1. The number of carbonyl (C=O) groups excluding carboxylic acids is 2. The van der Waals surface area contributed by atoms with Gasteiger partial charge in [0, 0.05) is 14.1 Å². The van der Waals surface area contributed by atoms with Gasteiger partial charge in [-0.25, -0.2) is 0 Å². The summed E-state index contributed by atoms with van der Waals surface area (Å²) in [6.07, 6.45) is 1.54. The number of hydrogen-bond donors (Lipinski definition) is 0. The fourth-order valence-corrected chi connectivity index (χ4v) is 2.47. The van der Waals surface area contributed by atoms with E-state index < -0.39 is 11.8 Å². The van der Waals surface area contributed by atoms with E-state index in [-0.39, 0.29) is 10.7 Å². The standard InChI is InChI=1S/C17H20N2O4S/c1-5-22-13-8-7-11(10-14(13)23-6-2)9-12-15(20)18(3)17(24)19(4)16(12)21/h7-10H,5-6H2,1-4H3. The summed E-state index contributed by atoms with van der Waals surface area (Å²) in [4.78, 5) is 27.2. The van der Waals surface area contributed by atoms with Crippen molar-refractivity contribution in [1.29, 1.82) is 0 Å². The second-order valence-corrected chi connectivity index (χ2v) is 5.51. The van der Waals surface area contributed by atoms with Gasteiger partial charge in [0.2, 0.25) is 0 Å². The summed E-state index contributed by atoms with van der Waals surface area (Å²) in [6, 6.07) is 5.28. The Bertz CT molecular complexity index is 689. The monoisotopic (exact) mass is 348 g/mol. The van der Waals surface area contributed by atoms with Crippen LogP contribution in [0.3, 0.4) is 0 Å². The third-order valence-corrected chi connectivity index (χ3v) is 4.07. The highest BCUT2D eigenvalue weighted by Crippen LogP contribution is 2.30.